The van der Waals surface area contributed by atoms with Crippen molar-refractivity contribution in [1.29, 1.82) is 0 Å². The SMILES string of the molecule is CSCC[C@@H](NC(=O)Cc1ccccc1F)C(=O)O. The molecule has 0 saturated carbocycles. The second-order valence-corrected chi connectivity index (χ2v) is 4.99. The van der Waals surface area contributed by atoms with Gasteiger partial charge in [0, 0.05) is 0 Å². The van der Waals surface area contributed by atoms with Gasteiger partial charge in [-0.2, -0.15) is 11.8 Å². The van der Waals surface area contributed by atoms with Gasteiger partial charge in [-0.15, -0.1) is 0 Å². The van der Waals surface area contributed by atoms with Crippen LogP contribution in [-0.2, 0) is 16.0 Å². The Balaban J connectivity index is 2.58. The molecule has 1 amide bonds. The van der Waals surface area contributed by atoms with Gasteiger partial charge in [-0.25, -0.2) is 9.18 Å². The molecular weight excluding hydrogens is 269 g/mol. The van der Waals surface area contributed by atoms with Crippen molar-refractivity contribution in [2.45, 2.75) is 18.9 Å². The molecular formula is C13H16FNO3S. The highest BCUT2D eigenvalue weighted by Gasteiger charge is 2.19. The molecule has 6 heteroatoms. The molecule has 2 N–H and O–H groups in total. The lowest BCUT2D eigenvalue weighted by molar-refractivity contribution is -0.141. The summed E-state index contributed by atoms with van der Waals surface area (Å²) in [4.78, 5) is 22.7. The smallest absolute Gasteiger partial charge is 0.326 e. The molecule has 0 bridgehead atoms. The molecule has 0 heterocycles. The van der Waals surface area contributed by atoms with Crippen LogP contribution in [0.5, 0.6) is 0 Å². The van der Waals surface area contributed by atoms with Crippen molar-refractivity contribution in [2.75, 3.05) is 12.0 Å². The summed E-state index contributed by atoms with van der Waals surface area (Å²) < 4.78 is 13.3. The zero-order chi connectivity index (χ0) is 14.3. The Morgan fingerprint density at radius 2 is 2.11 bits per heavy atom. The van der Waals surface area contributed by atoms with E-state index in [4.69, 9.17) is 5.11 Å². The maximum atomic E-state index is 13.3. The van der Waals surface area contributed by atoms with E-state index in [1.54, 1.807) is 6.07 Å². The maximum absolute atomic E-state index is 13.3. The molecule has 0 saturated heterocycles. The van der Waals surface area contributed by atoms with Gasteiger partial charge in [-0.1, -0.05) is 18.2 Å². The van der Waals surface area contributed by atoms with Crippen molar-refractivity contribution in [3.05, 3.63) is 35.6 Å². The first-order chi connectivity index (χ1) is 9.04. The third-order valence-corrected chi connectivity index (χ3v) is 3.20. The molecule has 0 unspecified atom stereocenters. The van der Waals surface area contributed by atoms with E-state index in [9.17, 15) is 14.0 Å². The number of rotatable bonds is 7. The Labute approximate surface area is 115 Å². The number of carbonyl (C=O) groups is 2. The van der Waals surface area contributed by atoms with E-state index in [0.29, 0.717) is 12.2 Å². The molecule has 0 fully saturated rings. The summed E-state index contributed by atoms with van der Waals surface area (Å²) in [6.07, 6.45) is 2.05. The molecule has 0 aromatic heterocycles. The molecule has 0 aliphatic heterocycles. The molecule has 19 heavy (non-hydrogen) atoms. The second-order valence-electron chi connectivity index (χ2n) is 4.01. The summed E-state index contributed by atoms with van der Waals surface area (Å²) in [7, 11) is 0. The van der Waals surface area contributed by atoms with Gasteiger partial charge in [-0.3, -0.25) is 4.79 Å². The van der Waals surface area contributed by atoms with Gasteiger partial charge >= 0.3 is 5.97 Å². The first-order valence-corrected chi connectivity index (χ1v) is 7.18. The highest BCUT2D eigenvalue weighted by Crippen LogP contribution is 2.07. The van der Waals surface area contributed by atoms with Crippen molar-refractivity contribution < 1.29 is 19.1 Å². The van der Waals surface area contributed by atoms with E-state index in [2.05, 4.69) is 5.32 Å². The summed E-state index contributed by atoms with van der Waals surface area (Å²) in [5.41, 5.74) is 0.258. The van der Waals surface area contributed by atoms with Crippen molar-refractivity contribution in [3.63, 3.8) is 0 Å². The largest absolute Gasteiger partial charge is 0.480 e. The number of nitrogens with one attached hydrogen (secondary N) is 1. The summed E-state index contributed by atoms with van der Waals surface area (Å²) in [5, 5.41) is 11.4. The lowest BCUT2D eigenvalue weighted by Gasteiger charge is -2.14. The topological polar surface area (TPSA) is 66.4 Å². The molecule has 104 valence electrons. The van der Waals surface area contributed by atoms with Crippen LogP contribution in [0.2, 0.25) is 0 Å². The molecule has 1 rings (SSSR count). The number of carboxylic acid groups (broad SMARTS) is 1. The van der Waals surface area contributed by atoms with Crippen LogP contribution in [0.15, 0.2) is 24.3 Å². The predicted molar refractivity (Wildman–Crippen MR) is 72.7 cm³/mol. The monoisotopic (exact) mass is 285 g/mol. The number of aliphatic carboxylic acids is 1. The van der Waals surface area contributed by atoms with Gasteiger partial charge in [0.2, 0.25) is 5.91 Å². The van der Waals surface area contributed by atoms with Crippen LogP contribution in [-0.4, -0.2) is 35.0 Å². The van der Waals surface area contributed by atoms with Crippen LogP contribution < -0.4 is 5.32 Å². The third-order valence-electron chi connectivity index (χ3n) is 2.55. The number of amides is 1. The van der Waals surface area contributed by atoms with Gasteiger partial charge in [0.05, 0.1) is 6.42 Å². The van der Waals surface area contributed by atoms with Gasteiger partial charge < -0.3 is 10.4 Å². The molecule has 1 aromatic carbocycles. The van der Waals surface area contributed by atoms with Gasteiger partial charge in [0.1, 0.15) is 11.9 Å². The van der Waals surface area contributed by atoms with Crippen LogP contribution in [0.1, 0.15) is 12.0 Å². The van der Waals surface area contributed by atoms with Crippen LogP contribution in [0.3, 0.4) is 0 Å². The number of hydrogen-bond donors (Lipinski definition) is 2. The second kappa shape index (κ2) is 7.78. The molecule has 4 nitrogen and oxygen atoms in total. The minimum absolute atomic E-state index is 0.157. The van der Waals surface area contributed by atoms with Crippen molar-refractivity contribution in [1.82, 2.24) is 5.32 Å². The van der Waals surface area contributed by atoms with Crippen LogP contribution in [0.25, 0.3) is 0 Å². The predicted octanol–water partition coefficient (Wildman–Crippen LogP) is 1.69. The number of carboxylic acids is 1. The Hall–Kier alpha value is -1.56. The zero-order valence-corrected chi connectivity index (χ0v) is 11.4. The minimum Gasteiger partial charge on any atom is -0.480 e. The molecule has 0 aliphatic carbocycles. The molecule has 0 spiro atoms. The van der Waals surface area contributed by atoms with E-state index in [1.807, 2.05) is 6.26 Å². The average molecular weight is 285 g/mol. The average Bonchev–Trinajstić information content (AvgIpc) is 2.37. The fourth-order valence-corrected chi connectivity index (χ4v) is 2.02. The van der Waals surface area contributed by atoms with E-state index in [0.717, 1.165) is 0 Å². The molecule has 0 radical (unpaired) electrons. The van der Waals surface area contributed by atoms with Gasteiger partial charge in [0.15, 0.2) is 0 Å². The number of halogens is 1. The lowest BCUT2D eigenvalue weighted by Crippen LogP contribution is -2.42. The van der Waals surface area contributed by atoms with Crippen LogP contribution in [0.4, 0.5) is 4.39 Å². The quantitative estimate of drug-likeness (QED) is 0.800. The third kappa shape index (κ3) is 5.30. The zero-order valence-electron chi connectivity index (χ0n) is 10.6. The van der Waals surface area contributed by atoms with Crippen molar-refractivity contribution in [2.24, 2.45) is 0 Å². The summed E-state index contributed by atoms with van der Waals surface area (Å²) in [5.74, 6) is -1.39. The summed E-state index contributed by atoms with van der Waals surface area (Å²) in [6.45, 7) is 0. The highest BCUT2D eigenvalue weighted by molar-refractivity contribution is 7.98. The van der Waals surface area contributed by atoms with E-state index in [1.165, 1.54) is 30.0 Å². The maximum Gasteiger partial charge on any atom is 0.326 e. The van der Waals surface area contributed by atoms with E-state index in [-0.39, 0.29) is 12.0 Å². The Morgan fingerprint density at radius 1 is 1.42 bits per heavy atom. The number of carbonyl (C=O) groups excluding carboxylic acids is 1. The Bertz CT molecular complexity index is 453. The number of hydrogen-bond acceptors (Lipinski definition) is 3. The molecule has 1 atom stereocenters. The normalized spacial score (nSPS) is 11.9. The molecule has 0 aliphatic rings. The van der Waals surface area contributed by atoms with Crippen LogP contribution >= 0.6 is 11.8 Å². The standard InChI is InChI=1S/C13H16FNO3S/c1-19-7-6-11(13(17)18)15-12(16)8-9-4-2-3-5-10(9)14/h2-5,11H,6-8H2,1H3,(H,15,16)(H,17,18)/t11-/m1/s1. The molecule has 1 aromatic rings. The fraction of sp³-hybridized carbons (Fsp3) is 0.385. The van der Waals surface area contributed by atoms with Gasteiger partial charge in [-0.05, 0) is 30.1 Å². The van der Waals surface area contributed by atoms with Gasteiger partial charge in [0.25, 0.3) is 0 Å². The van der Waals surface area contributed by atoms with Crippen molar-refractivity contribution >= 4 is 23.6 Å². The first-order valence-electron chi connectivity index (χ1n) is 5.79. The fourth-order valence-electron chi connectivity index (χ4n) is 1.55. The Kier molecular flexibility index (Phi) is 6.35. The van der Waals surface area contributed by atoms with E-state index >= 15 is 0 Å². The summed E-state index contributed by atoms with van der Waals surface area (Å²) in [6, 6.07) is 5.02. The first kappa shape index (κ1) is 15.5. The number of benzene rings is 1. The Morgan fingerprint density at radius 3 is 2.68 bits per heavy atom. The minimum atomic E-state index is -1.07. The lowest BCUT2D eigenvalue weighted by atomic mass is 10.1. The van der Waals surface area contributed by atoms with Crippen molar-refractivity contribution in [3.8, 4) is 0 Å². The van der Waals surface area contributed by atoms with E-state index < -0.39 is 23.7 Å². The number of thioether (sulfide) groups is 1. The highest BCUT2D eigenvalue weighted by atomic mass is 32.2. The summed E-state index contributed by atoms with van der Waals surface area (Å²) >= 11 is 1.51. The van der Waals surface area contributed by atoms with Crippen LogP contribution in [0, 0.1) is 5.82 Å².